The molecule has 0 saturated carbocycles. The first-order valence-electron chi connectivity index (χ1n) is 9.76. The Morgan fingerprint density at radius 2 is 1.38 bits per heavy atom. The average molecular weight is 437 g/mol. The summed E-state index contributed by atoms with van der Waals surface area (Å²) in [5.41, 5.74) is 1.44. The fourth-order valence-electron chi connectivity index (χ4n) is 3.10. The number of Topliss-reactive ketones (excluding diaryl/α,β-unsaturated/α-hetero) is 1. The molecule has 0 fully saturated rings. The van der Waals surface area contributed by atoms with E-state index in [-0.39, 0.29) is 18.2 Å². The molecule has 0 radical (unpaired) electrons. The van der Waals surface area contributed by atoms with E-state index in [2.05, 4.69) is 5.32 Å². The quantitative estimate of drug-likeness (QED) is 0.409. The number of nitrogens with zero attached hydrogens (tertiary/aromatic N) is 1. The molecule has 32 heavy (non-hydrogen) atoms. The number of methoxy groups -OCH3 is 4. The monoisotopic (exact) mass is 437 g/mol. The van der Waals surface area contributed by atoms with Crippen LogP contribution in [0.15, 0.2) is 60.9 Å². The van der Waals surface area contributed by atoms with Gasteiger partial charge in [-0.2, -0.15) is 4.57 Å². The molecule has 166 valence electrons. The van der Waals surface area contributed by atoms with Gasteiger partial charge in [0.15, 0.2) is 23.9 Å². The number of carbonyl (C=O) groups excluding carboxylic acids is 2. The van der Waals surface area contributed by atoms with E-state index in [1.165, 1.54) is 21.3 Å². The van der Waals surface area contributed by atoms with E-state index in [0.29, 0.717) is 34.1 Å². The Balaban J connectivity index is 1.69. The molecule has 8 heteroatoms. The predicted molar refractivity (Wildman–Crippen MR) is 118 cm³/mol. The van der Waals surface area contributed by atoms with E-state index < -0.39 is 0 Å². The van der Waals surface area contributed by atoms with Crippen LogP contribution in [-0.4, -0.2) is 40.1 Å². The summed E-state index contributed by atoms with van der Waals surface area (Å²) >= 11 is 0. The molecule has 0 aliphatic carbocycles. The van der Waals surface area contributed by atoms with Crippen LogP contribution >= 0.6 is 0 Å². The second-order valence-corrected chi connectivity index (χ2v) is 6.78. The van der Waals surface area contributed by atoms with Gasteiger partial charge in [-0.25, -0.2) is 0 Å². The number of ether oxygens (including phenoxy) is 4. The van der Waals surface area contributed by atoms with E-state index in [1.807, 2.05) is 0 Å². The maximum Gasteiger partial charge on any atom is 0.255 e. The number of rotatable bonds is 9. The molecule has 0 spiro atoms. The van der Waals surface area contributed by atoms with E-state index in [4.69, 9.17) is 18.9 Å². The molecule has 0 saturated heterocycles. The first-order valence-corrected chi connectivity index (χ1v) is 9.76. The second-order valence-electron chi connectivity index (χ2n) is 6.78. The molecule has 0 unspecified atom stereocenters. The van der Waals surface area contributed by atoms with E-state index in [9.17, 15) is 9.59 Å². The highest BCUT2D eigenvalue weighted by Gasteiger charge is 2.18. The normalized spacial score (nSPS) is 10.2. The van der Waals surface area contributed by atoms with Crippen LogP contribution in [0.5, 0.6) is 23.0 Å². The van der Waals surface area contributed by atoms with Crippen LogP contribution in [-0.2, 0) is 6.54 Å². The van der Waals surface area contributed by atoms with Crippen LogP contribution in [0.2, 0.25) is 0 Å². The molecule has 1 heterocycles. The van der Waals surface area contributed by atoms with Gasteiger partial charge in [0, 0.05) is 28.9 Å². The lowest BCUT2D eigenvalue weighted by atomic mass is 10.1. The maximum atomic E-state index is 12.7. The molecular weight excluding hydrogens is 412 g/mol. The van der Waals surface area contributed by atoms with Crippen LogP contribution in [0, 0.1) is 0 Å². The van der Waals surface area contributed by atoms with Crippen LogP contribution < -0.4 is 28.8 Å². The lowest BCUT2D eigenvalue weighted by Crippen LogP contribution is -2.36. The largest absolute Gasteiger partial charge is 0.496 e. The molecule has 1 aromatic heterocycles. The highest BCUT2D eigenvalue weighted by molar-refractivity contribution is 6.05. The first kappa shape index (κ1) is 22.6. The van der Waals surface area contributed by atoms with Crippen molar-refractivity contribution in [2.45, 2.75) is 6.54 Å². The zero-order chi connectivity index (χ0) is 23.1. The minimum Gasteiger partial charge on any atom is -0.496 e. The van der Waals surface area contributed by atoms with Gasteiger partial charge in [-0.05, 0) is 36.4 Å². The number of aromatic nitrogens is 1. The van der Waals surface area contributed by atoms with Crippen molar-refractivity contribution < 1.29 is 33.1 Å². The Labute approximate surface area is 186 Å². The zero-order valence-electron chi connectivity index (χ0n) is 18.4. The van der Waals surface area contributed by atoms with Crippen molar-refractivity contribution in [1.82, 2.24) is 0 Å². The van der Waals surface area contributed by atoms with Gasteiger partial charge in [0.1, 0.15) is 5.75 Å². The van der Waals surface area contributed by atoms with Crippen molar-refractivity contribution in [3.05, 3.63) is 72.1 Å². The van der Waals surface area contributed by atoms with Crippen LogP contribution in [0.4, 0.5) is 5.69 Å². The lowest BCUT2D eigenvalue weighted by Gasteiger charge is -2.14. The number of anilines is 1. The summed E-state index contributed by atoms with van der Waals surface area (Å²) in [6.07, 6.45) is 3.56. The summed E-state index contributed by atoms with van der Waals surface area (Å²) in [5, 5.41) is 2.81. The smallest absolute Gasteiger partial charge is 0.255 e. The molecule has 3 rings (SSSR count). The number of ketones is 1. The zero-order valence-corrected chi connectivity index (χ0v) is 18.4. The highest BCUT2D eigenvalue weighted by atomic mass is 16.5. The first-order chi connectivity index (χ1) is 15.5. The predicted octanol–water partition coefficient (Wildman–Crippen LogP) is 3.14. The van der Waals surface area contributed by atoms with Gasteiger partial charge in [0.05, 0.1) is 28.4 Å². The Kier molecular flexibility index (Phi) is 7.28. The standard InChI is InChI=1S/C24H24N2O6/c1-29-19-9-11-26(12-10-19)15-20(27)16-5-7-18(8-6-16)25-24(28)17-13-21(30-2)23(32-4)22(14-17)31-3/h5-14H,15H2,1-4H3/p+1. The molecule has 1 amide bonds. The number of amides is 1. The topological polar surface area (TPSA) is 87.0 Å². The Hall–Kier alpha value is -4.07. The number of pyridine rings is 1. The van der Waals surface area contributed by atoms with Gasteiger partial charge in [-0.1, -0.05) is 0 Å². The second kappa shape index (κ2) is 10.3. The van der Waals surface area contributed by atoms with Crippen LogP contribution in [0.25, 0.3) is 0 Å². The lowest BCUT2D eigenvalue weighted by molar-refractivity contribution is -0.683. The number of carbonyl (C=O) groups is 2. The molecule has 0 aliphatic heterocycles. The van der Waals surface area contributed by atoms with Crippen LogP contribution in [0.3, 0.4) is 0 Å². The van der Waals surface area contributed by atoms with Crippen LogP contribution in [0.1, 0.15) is 20.7 Å². The molecule has 0 atom stereocenters. The summed E-state index contributed by atoms with van der Waals surface area (Å²) in [4.78, 5) is 25.3. The summed E-state index contributed by atoms with van der Waals surface area (Å²) in [6, 6.07) is 13.4. The average Bonchev–Trinajstić information content (AvgIpc) is 2.83. The third-order valence-electron chi connectivity index (χ3n) is 4.81. The fourth-order valence-corrected chi connectivity index (χ4v) is 3.10. The Morgan fingerprint density at radius 1 is 0.781 bits per heavy atom. The number of nitrogens with one attached hydrogen (secondary N) is 1. The minimum atomic E-state index is -0.350. The SMILES string of the molecule is COc1cc[n+](CC(=O)c2ccc(NC(=O)c3cc(OC)c(OC)c(OC)c3)cc2)cc1. The molecule has 2 aromatic carbocycles. The van der Waals surface area contributed by atoms with E-state index in [1.54, 1.807) is 72.6 Å². The fraction of sp³-hybridized carbons (Fsp3) is 0.208. The Morgan fingerprint density at radius 3 is 1.88 bits per heavy atom. The van der Waals surface area contributed by atoms with Gasteiger partial charge in [0.25, 0.3) is 5.91 Å². The van der Waals surface area contributed by atoms with Crippen molar-refractivity contribution in [3.8, 4) is 23.0 Å². The maximum absolute atomic E-state index is 12.7. The van der Waals surface area contributed by atoms with Gasteiger partial charge >= 0.3 is 0 Å². The third-order valence-corrected chi connectivity index (χ3v) is 4.81. The molecule has 8 nitrogen and oxygen atoms in total. The molecular formula is C24H25N2O6+. The van der Waals surface area contributed by atoms with E-state index >= 15 is 0 Å². The number of hydrogen-bond donors (Lipinski definition) is 1. The molecule has 0 bridgehead atoms. The van der Waals surface area contributed by atoms with Gasteiger partial charge < -0.3 is 24.3 Å². The van der Waals surface area contributed by atoms with Crippen molar-refractivity contribution in [2.24, 2.45) is 0 Å². The van der Waals surface area contributed by atoms with Gasteiger partial charge in [-0.3, -0.25) is 9.59 Å². The number of benzene rings is 2. The number of hydrogen-bond acceptors (Lipinski definition) is 6. The Bertz CT molecular complexity index is 1070. The van der Waals surface area contributed by atoms with E-state index in [0.717, 1.165) is 5.75 Å². The van der Waals surface area contributed by atoms with Crippen molar-refractivity contribution in [2.75, 3.05) is 33.8 Å². The van der Waals surface area contributed by atoms with Crippen molar-refractivity contribution in [1.29, 1.82) is 0 Å². The minimum absolute atomic E-state index is 0.0531. The van der Waals surface area contributed by atoms with Gasteiger partial charge in [0.2, 0.25) is 18.1 Å². The van der Waals surface area contributed by atoms with Crippen molar-refractivity contribution in [3.63, 3.8) is 0 Å². The third kappa shape index (κ3) is 5.15. The summed E-state index contributed by atoms with van der Waals surface area (Å²) in [5.74, 6) is 1.49. The highest BCUT2D eigenvalue weighted by Crippen LogP contribution is 2.38. The molecule has 0 aliphatic rings. The van der Waals surface area contributed by atoms with Gasteiger partial charge in [-0.15, -0.1) is 0 Å². The summed E-state index contributed by atoms with van der Waals surface area (Å²) in [6.45, 7) is 0.196. The molecule has 1 N–H and O–H groups in total. The summed E-state index contributed by atoms with van der Waals surface area (Å²) < 4.78 is 22.8. The molecule has 3 aromatic rings. The van der Waals surface area contributed by atoms with Crippen molar-refractivity contribution >= 4 is 17.4 Å². The summed E-state index contributed by atoms with van der Waals surface area (Å²) in [7, 11) is 6.06.